The number of methoxy groups -OCH3 is 1. The van der Waals surface area contributed by atoms with E-state index in [9.17, 15) is 32.9 Å². The zero-order valence-corrected chi connectivity index (χ0v) is 11.7. The van der Waals surface area contributed by atoms with Gasteiger partial charge < -0.3 is 14.8 Å². The maximum atomic E-state index is 12.9. The van der Waals surface area contributed by atoms with Crippen molar-refractivity contribution in [2.75, 3.05) is 25.6 Å². The Hall–Kier alpha value is -2.69. The van der Waals surface area contributed by atoms with E-state index in [0.717, 1.165) is 12.1 Å². The summed E-state index contributed by atoms with van der Waals surface area (Å²) in [6.07, 6.45) is -4.92. The molecule has 0 aliphatic heterocycles. The number of benzene rings is 1. The molecule has 0 spiro atoms. The predicted molar refractivity (Wildman–Crippen MR) is 69.6 cm³/mol. The molecular weight excluding hydrogens is 325 g/mol. The van der Waals surface area contributed by atoms with Crippen molar-refractivity contribution in [1.29, 1.82) is 0 Å². The van der Waals surface area contributed by atoms with Gasteiger partial charge in [-0.15, -0.1) is 0 Å². The molecule has 0 atom stereocenters. The number of nitrogens with zero attached hydrogens (tertiary/aromatic N) is 1. The van der Waals surface area contributed by atoms with Crippen molar-refractivity contribution in [2.45, 2.75) is 6.18 Å². The number of hydrogen-bond donors (Lipinski definition) is 1. The minimum atomic E-state index is -4.92. The van der Waals surface area contributed by atoms with Gasteiger partial charge in [0, 0.05) is 19.2 Å². The fraction of sp³-hybridized carbons (Fsp3) is 0.333. The number of ether oxygens (including phenoxy) is 2. The number of nitro groups is 1. The summed E-state index contributed by atoms with van der Waals surface area (Å²) in [5.74, 6) is -1.91. The molecule has 0 bridgehead atoms. The fourth-order valence-electron chi connectivity index (χ4n) is 1.48. The summed E-state index contributed by atoms with van der Waals surface area (Å²) < 4.78 is 47.5. The topological polar surface area (TPSA) is 108 Å². The van der Waals surface area contributed by atoms with Gasteiger partial charge in [-0.1, -0.05) is 0 Å². The van der Waals surface area contributed by atoms with Crippen molar-refractivity contribution >= 4 is 23.3 Å². The Labute approximate surface area is 127 Å². The monoisotopic (exact) mass is 336 g/mol. The Bertz CT molecular complexity index is 617. The first-order valence-electron chi connectivity index (χ1n) is 5.95. The molecule has 1 amide bonds. The average Bonchev–Trinajstić information content (AvgIpc) is 2.44. The van der Waals surface area contributed by atoms with Crippen molar-refractivity contribution in [3.8, 4) is 0 Å². The number of non-ortho nitro benzene ring substituents is 1. The molecule has 0 aliphatic carbocycles. The van der Waals surface area contributed by atoms with Gasteiger partial charge in [-0.2, -0.15) is 13.2 Å². The number of anilines is 1. The number of alkyl halides is 3. The highest BCUT2D eigenvalue weighted by Gasteiger charge is 2.35. The minimum absolute atomic E-state index is 0.298. The molecule has 0 unspecified atom stereocenters. The molecule has 11 heteroatoms. The van der Waals surface area contributed by atoms with Crippen molar-refractivity contribution < 1.29 is 37.2 Å². The highest BCUT2D eigenvalue weighted by Crippen LogP contribution is 2.37. The Morgan fingerprint density at radius 2 is 1.96 bits per heavy atom. The molecule has 1 aromatic carbocycles. The van der Waals surface area contributed by atoms with E-state index in [-0.39, 0.29) is 0 Å². The van der Waals surface area contributed by atoms with E-state index in [1.54, 1.807) is 0 Å². The van der Waals surface area contributed by atoms with Crippen molar-refractivity contribution in [3.63, 3.8) is 0 Å². The number of hydrogen-bond acceptors (Lipinski definition) is 6. The van der Waals surface area contributed by atoms with E-state index >= 15 is 0 Å². The number of amides is 1. The van der Waals surface area contributed by atoms with Crippen LogP contribution in [0, 0.1) is 10.1 Å². The summed E-state index contributed by atoms with van der Waals surface area (Å²) in [6, 6.07) is 1.85. The summed E-state index contributed by atoms with van der Waals surface area (Å²) >= 11 is 0. The molecule has 0 heterocycles. The van der Waals surface area contributed by atoms with Gasteiger partial charge in [0.05, 0.1) is 16.2 Å². The average molecular weight is 336 g/mol. The molecule has 0 fully saturated rings. The second-order valence-electron chi connectivity index (χ2n) is 4.13. The highest BCUT2D eigenvalue weighted by atomic mass is 19.4. The van der Waals surface area contributed by atoms with E-state index in [2.05, 4.69) is 9.47 Å². The number of carbonyl (C=O) groups is 2. The van der Waals surface area contributed by atoms with Crippen LogP contribution >= 0.6 is 0 Å². The van der Waals surface area contributed by atoms with E-state index in [0.29, 0.717) is 6.07 Å². The Kier molecular flexibility index (Phi) is 6.02. The summed E-state index contributed by atoms with van der Waals surface area (Å²) in [6.45, 7) is -1.24. The lowest BCUT2D eigenvalue weighted by atomic mass is 10.1. The molecule has 8 nitrogen and oxygen atoms in total. The van der Waals surface area contributed by atoms with Crippen LogP contribution in [0.25, 0.3) is 0 Å². The molecule has 0 saturated carbocycles. The SMILES string of the molecule is COCC(=O)OCC(=O)Nc1ccc([N+](=O)[O-])cc1C(F)(F)F. The van der Waals surface area contributed by atoms with Gasteiger partial charge >= 0.3 is 12.1 Å². The molecule has 0 saturated heterocycles. The number of rotatable bonds is 6. The van der Waals surface area contributed by atoms with Gasteiger partial charge in [0.25, 0.3) is 11.6 Å². The van der Waals surface area contributed by atoms with Gasteiger partial charge in [-0.3, -0.25) is 14.9 Å². The van der Waals surface area contributed by atoms with Gasteiger partial charge in [0.15, 0.2) is 6.61 Å². The predicted octanol–water partition coefficient (Wildman–Crippen LogP) is 1.74. The Balaban J connectivity index is 2.89. The first kappa shape index (κ1) is 18.4. The first-order valence-corrected chi connectivity index (χ1v) is 5.95. The third-order valence-corrected chi connectivity index (χ3v) is 2.42. The number of carbonyl (C=O) groups excluding carboxylic acids is 2. The summed E-state index contributed by atoms with van der Waals surface area (Å²) in [7, 11) is 1.22. The summed E-state index contributed by atoms with van der Waals surface area (Å²) in [4.78, 5) is 32.0. The largest absolute Gasteiger partial charge is 0.454 e. The van der Waals surface area contributed by atoms with E-state index < -0.39 is 53.1 Å². The van der Waals surface area contributed by atoms with Crippen LogP contribution in [0.3, 0.4) is 0 Å². The third-order valence-electron chi connectivity index (χ3n) is 2.42. The van der Waals surface area contributed by atoms with Crippen molar-refractivity contribution in [1.82, 2.24) is 0 Å². The third kappa shape index (κ3) is 5.54. The molecule has 0 aliphatic rings. The number of nitro benzene ring substituents is 1. The number of esters is 1. The molecule has 1 rings (SSSR count). The van der Waals surface area contributed by atoms with Gasteiger partial charge in [0.2, 0.25) is 0 Å². The second-order valence-corrected chi connectivity index (χ2v) is 4.13. The summed E-state index contributed by atoms with van der Waals surface area (Å²) in [5.41, 5.74) is -2.85. The lowest BCUT2D eigenvalue weighted by Gasteiger charge is -2.13. The zero-order chi connectivity index (χ0) is 17.6. The van der Waals surface area contributed by atoms with Crippen LogP contribution in [0.2, 0.25) is 0 Å². The lowest BCUT2D eigenvalue weighted by Crippen LogP contribution is -2.24. The zero-order valence-electron chi connectivity index (χ0n) is 11.7. The van der Waals surface area contributed by atoms with Crippen LogP contribution in [0.15, 0.2) is 18.2 Å². The maximum Gasteiger partial charge on any atom is 0.418 e. The van der Waals surface area contributed by atoms with Crippen LogP contribution in [-0.4, -0.2) is 37.1 Å². The van der Waals surface area contributed by atoms with Crippen LogP contribution < -0.4 is 5.32 Å². The standard InChI is InChI=1S/C12H11F3N2O6/c1-22-6-11(19)23-5-10(18)16-9-3-2-7(17(20)21)4-8(9)12(13,14)15/h2-4H,5-6H2,1H3,(H,16,18). The highest BCUT2D eigenvalue weighted by molar-refractivity contribution is 5.93. The van der Waals surface area contributed by atoms with Crippen LogP contribution in [-0.2, 0) is 25.2 Å². The van der Waals surface area contributed by atoms with Crippen LogP contribution in [0.1, 0.15) is 5.56 Å². The van der Waals surface area contributed by atoms with Crippen molar-refractivity contribution in [3.05, 3.63) is 33.9 Å². The van der Waals surface area contributed by atoms with E-state index in [4.69, 9.17) is 0 Å². The Morgan fingerprint density at radius 1 is 1.30 bits per heavy atom. The normalized spacial score (nSPS) is 11.0. The smallest absolute Gasteiger partial charge is 0.418 e. The maximum absolute atomic E-state index is 12.9. The molecule has 126 valence electrons. The molecule has 0 radical (unpaired) electrons. The molecule has 23 heavy (non-hydrogen) atoms. The fourth-order valence-corrected chi connectivity index (χ4v) is 1.48. The molecule has 0 aromatic heterocycles. The van der Waals surface area contributed by atoms with Crippen molar-refractivity contribution in [2.24, 2.45) is 0 Å². The van der Waals surface area contributed by atoms with E-state index in [1.807, 2.05) is 5.32 Å². The minimum Gasteiger partial charge on any atom is -0.454 e. The molecular formula is C12H11F3N2O6. The summed E-state index contributed by atoms with van der Waals surface area (Å²) in [5, 5.41) is 12.4. The van der Waals surface area contributed by atoms with Crippen LogP contribution in [0.4, 0.5) is 24.5 Å². The van der Waals surface area contributed by atoms with Gasteiger partial charge in [-0.05, 0) is 6.07 Å². The molecule has 1 aromatic rings. The van der Waals surface area contributed by atoms with Crippen LogP contribution in [0.5, 0.6) is 0 Å². The number of halogens is 3. The Morgan fingerprint density at radius 3 is 2.48 bits per heavy atom. The first-order chi connectivity index (χ1) is 10.6. The lowest BCUT2D eigenvalue weighted by molar-refractivity contribution is -0.385. The van der Waals surface area contributed by atoms with Gasteiger partial charge in [-0.25, -0.2) is 4.79 Å². The molecule has 1 N–H and O–H groups in total. The van der Waals surface area contributed by atoms with Gasteiger partial charge in [0.1, 0.15) is 6.61 Å². The number of nitrogens with one attached hydrogen (secondary N) is 1. The van der Waals surface area contributed by atoms with E-state index in [1.165, 1.54) is 7.11 Å². The second kappa shape index (κ2) is 7.54. The quantitative estimate of drug-likeness (QED) is 0.482.